The molecule has 1 nitrogen and oxygen atoms in total. The van der Waals surface area contributed by atoms with Gasteiger partial charge < -0.3 is 4.90 Å². The van der Waals surface area contributed by atoms with E-state index in [0.29, 0.717) is 5.41 Å². The summed E-state index contributed by atoms with van der Waals surface area (Å²) in [6.07, 6.45) is 6.98. The lowest BCUT2D eigenvalue weighted by Crippen LogP contribution is -2.40. The van der Waals surface area contributed by atoms with Crippen molar-refractivity contribution in [3.63, 3.8) is 0 Å². The molecule has 0 amide bonds. The molecule has 18 heavy (non-hydrogen) atoms. The van der Waals surface area contributed by atoms with Gasteiger partial charge in [-0.2, -0.15) is 0 Å². The lowest BCUT2D eigenvalue weighted by atomic mass is 9.75. The van der Waals surface area contributed by atoms with Crippen LogP contribution in [0.2, 0.25) is 0 Å². The molecule has 0 bridgehead atoms. The Morgan fingerprint density at radius 2 is 1.78 bits per heavy atom. The fraction of sp³-hybridized carbons (Fsp3) is 0.625. The number of hydrogen-bond donors (Lipinski definition) is 0. The highest BCUT2D eigenvalue weighted by atomic mass is 79.9. The first-order valence-corrected chi connectivity index (χ1v) is 8.28. The number of anilines is 1. The number of alkyl halides is 1. The van der Waals surface area contributed by atoms with E-state index < -0.39 is 0 Å². The van der Waals surface area contributed by atoms with Crippen molar-refractivity contribution in [2.24, 2.45) is 5.41 Å². The lowest BCUT2D eigenvalue weighted by Gasteiger charge is -2.40. The molecule has 100 valence electrons. The van der Waals surface area contributed by atoms with E-state index in [1.807, 2.05) is 0 Å². The average molecular weight is 310 g/mol. The predicted octanol–water partition coefficient (Wildman–Crippen LogP) is 4.86. The predicted molar refractivity (Wildman–Crippen MR) is 83.6 cm³/mol. The Morgan fingerprint density at radius 1 is 1.11 bits per heavy atom. The van der Waals surface area contributed by atoms with Crippen molar-refractivity contribution in [1.82, 2.24) is 0 Å². The van der Waals surface area contributed by atoms with Crippen LogP contribution in [-0.2, 0) is 0 Å². The molecule has 0 radical (unpaired) electrons. The van der Waals surface area contributed by atoms with Gasteiger partial charge in [0.1, 0.15) is 0 Å². The highest BCUT2D eigenvalue weighted by molar-refractivity contribution is 9.09. The van der Waals surface area contributed by atoms with Gasteiger partial charge in [0.2, 0.25) is 0 Å². The number of benzene rings is 1. The second-order valence-corrected chi connectivity index (χ2v) is 6.10. The second-order valence-electron chi connectivity index (χ2n) is 5.54. The van der Waals surface area contributed by atoms with Crippen LogP contribution in [0.15, 0.2) is 30.3 Å². The van der Waals surface area contributed by atoms with E-state index in [1.165, 1.54) is 44.3 Å². The molecule has 1 aromatic rings. The number of halogens is 1. The van der Waals surface area contributed by atoms with Crippen molar-refractivity contribution in [2.75, 3.05) is 23.3 Å². The lowest BCUT2D eigenvalue weighted by molar-refractivity contribution is 0.229. The van der Waals surface area contributed by atoms with Crippen LogP contribution in [0.4, 0.5) is 5.69 Å². The summed E-state index contributed by atoms with van der Waals surface area (Å²) < 4.78 is 0. The zero-order chi connectivity index (χ0) is 12.8. The van der Waals surface area contributed by atoms with E-state index in [4.69, 9.17) is 0 Å². The third-order valence-corrected chi connectivity index (χ3v) is 5.42. The van der Waals surface area contributed by atoms with Crippen LogP contribution >= 0.6 is 15.9 Å². The van der Waals surface area contributed by atoms with E-state index in [1.54, 1.807) is 0 Å². The maximum absolute atomic E-state index is 3.77. The molecule has 0 saturated heterocycles. The maximum Gasteiger partial charge on any atom is 0.0366 e. The van der Waals surface area contributed by atoms with Gasteiger partial charge in [-0.1, -0.05) is 53.4 Å². The minimum Gasteiger partial charge on any atom is -0.371 e. The quantitative estimate of drug-likeness (QED) is 0.702. The fourth-order valence-corrected chi connectivity index (χ4v) is 3.80. The van der Waals surface area contributed by atoms with E-state index in [-0.39, 0.29) is 0 Å². The first-order valence-electron chi connectivity index (χ1n) is 7.16. The summed E-state index contributed by atoms with van der Waals surface area (Å²) in [4.78, 5) is 2.53. The van der Waals surface area contributed by atoms with Crippen LogP contribution in [0, 0.1) is 5.41 Å². The van der Waals surface area contributed by atoms with E-state index in [2.05, 4.69) is 58.1 Å². The van der Waals surface area contributed by atoms with Gasteiger partial charge >= 0.3 is 0 Å². The zero-order valence-corrected chi connectivity index (χ0v) is 13.0. The summed E-state index contributed by atoms with van der Waals surface area (Å²) in [5, 5.41) is 1.14. The van der Waals surface area contributed by atoms with Crippen molar-refractivity contribution >= 4 is 21.6 Å². The summed E-state index contributed by atoms with van der Waals surface area (Å²) in [5.41, 5.74) is 1.86. The summed E-state index contributed by atoms with van der Waals surface area (Å²) in [5.74, 6) is 0. The number of hydrogen-bond acceptors (Lipinski definition) is 1. The monoisotopic (exact) mass is 309 g/mol. The Kier molecular flexibility index (Phi) is 5.11. The van der Waals surface area contributed by atoms with Gasteiger partial charge in [-0.15, -0.1) is 0 Å². The standard InChI is InChI=1S/C16H24BrN/c1-2-18(15-9-5-3-6-10-15)14-16(13-17)11-7-4-8-12-16/h3,5-6,9-10H,2,4,7-8,11-14H2,1H3. The van der Waals surface area contributed by atoms with E-state index >= 15 is 0 Å². The molecule has 0 spiro atoms. The molecule has 0 N–H and O–H groups in total. The molecule has 0 aromatic heterocycles. The SMILES string of the molecule is CCN(CC1(CBr)CCCCC1)c1ccccc1. The molecule has 0 aliphatic heterocycles. The number of rotatable bonds is 5. The second kappa shape index (κ2) is 6.60. The van der Waals surface area contributed by atoms with Crippen molar-refractivity contribution in [1.29, 1.82) is 0 Å². The summed E-state index contributed by atoms with van der Waals surface area (Å²) in [7, 11) is 0. The van der Waals surface area contributed by atoms with Gasteiger partial charge in [0.15, 0.2) is 0 Å². The highest BCUT2D eigenvalue weighted by Crippen LogP contribution is 2.39. The molecule has 2 rings (SSSR count). The molecule has 1 fully saturated rings. The van der Waals surface area contributed by atoms with Gasteiger partial charge in [0, 0.05) is 24.1 Å². The van der Waals surface area contributed by atoms with Crippen molar-refractivity contribution < 1.29 is 0 Å². The molecule has 0 heterocycles. The minimum atomic E-state index is 0.490. The first-order chi connectivity index (χ1) is 8.79. The summed E-state index contributed by atoms with van der Waals surface area (Å²) in [6, 6.07) is 10.8. The molecule has 1 aliphatic carbocycles. The van der Waals surface area contributed by atoms with E-state index in [9.17, 15) is 0 Å². The van der Waals surface area contributed by atoms with Gasteiger partial charge in [-0.3, -0.25) is 0 Å². The smallest absolute Gasteiger partial charge is 0.0366 e. The minimum absolute atomic E-state index is 0.490. The molecule has 2 heteroatoms. The normalized spacial score (nSPS) is 18.6. The third-order valence-electron chi connectivity index (χ3n) is 4.23. The fourth-order valence-electron chi connectivity index (χ4n) is 3.07. The Labute approximate surface area is 120 Å². The highest BCUT2D eigenvalue weighted by Gasteiger charge is 2.32. The largest absolute Gasteiger partial charge is 0.371 e. The van der Waals surface area contributed by atoms with Crippen LogP contribution in [0.1, 0.15) is 39.0 Å². The van der Waals surface area contributed by atoms with Crippen LogP contribution in [-0.4, -0.2) is 18.4 Å². The molecule has 0 atom stereocenters. The van der Waals surface area contributed by atoms with Crippen molar-refractivity contribution in [3.05, 3.63) is 30.3 Å². The van der Waals surface area contributed by atoms with Crippen molar-refractivity contribution in [3.8, 4) is 0 Å². The number of para-hydroxylation sites is 1. The molecule has 0 unspecified atom stereocenters. The van der Waals surface area contributed by atoms with Crippen LogP contribution in [0.5, 0.6) is 0 Å². The van der Waals surface area contributed by atoms with Crippen LogP contribution in [0.25, 0.3) is 0 Å². The molecular formula is C16H24BrN. The average Bonchev–Trinajstić information content (AvgIpc) is 2.47. The number of nitrogens with zero attached hydrogens (tertiary/aromatic N) is 1. The van der Waals surface area contributed by atoms with Gasteiger partial charge in [-0.05, 0) is 37.3 Å². The van der Waals surface area contributed by atoms with Gasteiger partial charge in [-0.25, -0.2) is 0 Å². The molecular weight excluding hydrogens is 286 g/mol. The Hall–Kier alpha value is -0.500. The Morgan fingerprint density at radius 3 is 2.33 bits per heavy atom. The van der Waals surface area contributed by atoms with Crippen LogP contribution in [0.3, 0.4) is 0 Å². The Balaban J connectivity index is 2.09. The van der Waals surface area contributed by atoms with Crippen LogP contribution < -0.4 is 4.90 Å². The van der Waals surface area contributed by atoms with E-state index in [0.717, 1.165) is 11.9 Å². The van der Waals surface area contributed by atoms with Gasteiger partial charge in [0.25, 0.3) is 0 Å². The summed E-state index contributed by atoms with van der Waals surface area (Å²) in [6.45, 7) is 4.55. The third kappa shape index (κ3) is 3.28. The molecule has 1 saturated carbocycles. The molecule has 1 aromatic carbocycles. The maximum atomic E-state index is 3.77. The molecule has 1 aliphatic rings. The first kappa shape index (κ1) is 13.9. The summed E-state index contributed by atoms with van der Waals surface area (Å²) >= 11 is 3.77. The zero-order valence-electron chi connectivity index (χ0n) is 11.4. The topological polar surface area (TPSA) is 3.24 Å². The van der Waals surface area contributed by atoms with Gasteiger partial charge in [0.05, 0.1) is 0 Å². The van der Waals surface area contributed by atoms with Crippen molar-refractivity contribution in [2.45, 2.75) is 39.0 Å². The Bertz CT molecular complexity index is 343.